The highest BCUT2D eigenvalue weighted by Crippen LogP contribution is 2.24. The van der Waals surface area contributed by atoms with Crippen molar-refractivity contribution < 1.29 is 19.1 Å². The number of urea groups is 1. The Kier molecular flexibility index (Phi) is 9.90. The molecule has 2 heterocycles. The zero-order valence-electron chi connectivity index (χ0n) is 22.1. The van der Waals surface area contributed by atoms with E-state index in [0.717, 1.165) is 25.8 Å². The predicted octanol–water partition coefficient (Wildman–Crippen LogP) is 2.86. The molecule has 1 atom stereocenters. The number of nitrogens with two attached hydrogens (primary N) is 1. The second kappa shape index (κ2) is 14.0. The molecule has 206 valence electrons. The summed E-state index contributed by atoms with van der Waals surface area (Å²) in [6.07, 6.45) is 4.05. The molecule has 5 N–H and O–H groups in total. The minimum absolute atomic E-state index is 0.0450. The van der Waals surface area contributed by atoms with Gasteiger partial charge in [0.05, 0.1) is 12.8 Å². The van der Waals surface area contributed by atoms with E-state index in [1.807, 2.05) is 59.5 Å². The number of anilines is 3. The number of hydrogen-bond acceptors (Lipinski definition) is 8. The third kappa shape index (κ3) is 8.30. The second-order valence-corrected chi connectivity index (χ2v) is 9.20. The Bertz CT molecular complexity index is 1220. The number of rotatable bonds is 12. The number of amides is 3. The second-order valence-electron chi connectivity index (χ2n) is 9.20. The van der Waals surface area contributed by atoms with E-state index in [-0.39, 0.29) is 23.6 Å². The highest BCUT2D eigenvalue weighted by atomic mass is 16.5. The van der Waals surface area contributed by atoms with Crippen LogP contribution in [0.1, 0.15) is 28.9 Å². The molecule has 0 bridgehead atoms. The van der Waals surface area contributed by atoms with Crippen molar-refractivity contribution in [3.8, 4) is 5.75 Å². The Balaban J connectivity index is 1.36. The van der Waals surface area contributed by atoms with E-state index in [0.29, 0.717) is 43.6 Å². The topological polar surface area (TPSA) is 144 Å². The predicted molar refractivity (Wildman–Crippen MR) is 150 cm³/mol. The fraction of sp³-hybridized carbons (Fsp3) is 0.357. The quantitative estimate of drug-likeness (QED) is 0.260. The van der Waals surface area contributed by atoms with Crippen LogP contribution in [0.2, 0.25) is 0 Å². The molecular weight excluding hydrogens is 498 g/mol. The molecule has 11 heteroatoms. The lowest BCUT2D eigenvalue weighted by atomic mass is 10.1. The van der Waals surface area contributed by atoms with Crippen LogP contribution in [0, 0.1) is 0 Å². The normalized spacial score (nSPS) is 14.9. The SMILES string of the molecule is COCCOc1ccc(Nc2nc(N3CCC[C@@H](NC(=O)NCCc4ccccc4)C3)cnc2C(N)=O)cc1. The molecular formula is C28H35N7O4. The van der Waals surface area contributed by atoms with Crippen LogP contribution in [0.25, 0.3) is 0 Å². The number of aromatic nitrogens is 2. The average Bonchev–Trinajstić information content (AvgIpc) is 2.95. The van der Waals surface area contributed by atoms with Crippen LogP contribution in [0.5, 0.6) is 5.75 Å². The molecule has 3 aromatic rings. The Morgan fingerprint density at radius 1 is 1.10 bits per heavy atom. The zero-order valence-corrected chi connectivity index (χ0v) is 22.1. The Morgan fingerprint density at radius 3 is 2.64 bits per heavy atom. The molecule has 1 saturated heterocycles. The molecule has 11 nitrogen and oxygen atoms in total. The van der Waals surface area contributed by atoms with E-state index >= 15 is 0 Å². The van der Waals surface area contributed by atoms with E-state index in [2.05, 4.69) is 25.9 Å². The first kappa shape index (κ1) is 27.6. The molecule has 0 radical (unpaired) electrons. The van der Waals surface area contributed by atoms with Crippen molar-refractivity contribution in [3.05, 3.63) is 72.1 Å². The van der Waals surface area contributed by atoms with Gasteiger partial charge in [0, 0.05) is 38.5 Å². The lowest BCUT2D eigenvalue weighted by Gasteiger charge is -2.34. The van der Waals surface area contributed by atoms with Crippen LogP contribution in [-0.4, -0.2) is 67.9 Å². The van der Waals surface area contributed by atoms with Crippen molar-refractivity contribution in [2.45, 2.75) is 25.3 Å². The van der Waals surface area contributed by atoms with Crippen molar-refractivity contribution in [3.63, 3.8) is 0 Å². The zero-order chi connectivity index (χ0) is 27.5. The number of methoxy groups -OCH3 is 1. The largest absolute Gasteiger partial charge is 0.491 e. The fourth-order valence-corrected chi connectivity index (χ4v) is 4.32. The van der Waals surface area contributed by atoms with Gasteiger partial charge in [-0.1, -0.05) is 30.3 Å². The smallest absolute Gasteiger partial charge is 0.315 e. The van der Waals surface area contributed by atoms with Crippen molar-refractivity contribution in [1.82, 2.24) is 20.6 Å². The van der Waals surface area contributed by atoms with E-state index in [1.54, 1.807) is 13.3 Å². The van der Waals surface area contributed by atoms with Gasteiger partial charge in [-0.3, -0.25) is 4.79 Å². The fourth-order valence-electron chi connectivity index (χ4n) is 4.32. The van der Waals surface area contributed by atoms with Crippen LogP contribution < -0.4 is 31.3 Å². The Morgan fingerprint density at radius 2 is 1.90 bits per heavy atom. The number of carbonyl (C=O) groups excluding carboxylic acids is 2. The van der Waals surface area contributed by atoms with Gasteiger partial charge in [-0.25, -0.2) is 14.8 Å². The number of hydrogen-bond donors (Lipinski definition) is 4. The molecule has 3 amide bonds. The minimum Gasteiger partial charge on any atom is -0.491 e. The maximum Gasteiger partial charge on any atom is 0.315 e. The molecule has 2 aromatic carbocycles. The van der Waals surface area contributed by atoms with Crippen molar-refractivity contribution in [2.75, 3.05) is 50.2 Å². The molecule has 39 heavy (non-hydrogen) atoms. The lowest BCUT2D eigenvalue weighted by molar-refractivity contribution is 0.0996. The summed E-state index contributed by atoms with van der Waals surface area (Å²) in [5, 5.41) is 9.14. The van der Waals surface area contributed by atoms with Gasteiger partial charge in [-0.15, -0.1) is 0 Å². The summed E-state index contributed by atoms with van der Waals surface area (Å²) in [5.41, 5.74) is 7.49. The number of benzene rings is 2. The maximum absolute atomic E-state index is 12.5. The van der Waals surface area contributed by atoms with Gasteiger partial charge in [0.25, 0.3) is 5.91 Å². The third-order valence-corrected chi connectivity index (χ3v) is 6.29. The van der Waals surface area contributed by atoms with Crippen LogP contribution in [0.4, 0.5) is 22.1 Å². The first-order valence-electron chi connectivity index (χ1n) is 13.0. The summed E-state index contributed by atoms with van der Waals surface area (Å²) >= 11 is 0. The third-order valence-electron chi connectivity index (χ3n) is 6.29. The first-order valence-corrected chi connectivity index (χ1v) is 13.0. The van der Waals surface area contributed by atoms with Gasteiger partial charge in [0.2, 0.25) is 0 Å². The van der Waals surface area contributed by atoms with Gasteiger partial charge in [-0.05, 0) is 49.1 Å². The minimum atomic E-state index is -0.679. The van der Waals surface area contributed by atoms with Gasteiger partial charge >= 0.3 is 6.03 Å². The van der Waals surface area contributed by atoms with E-state index in [4.69, 9.17) is 15.2 Å². The molecule has 1 aliphatic rings. The summed E-state index contributed by atoms with van der Waals surface area (Å²) in [6.45, 7) is 2.83. The van der Waals surface area contributed by atoms with Crippen LogP contribution in [0.3, 0.4) is 0 Å². The number of ether oxygens (including phenoxy) is 2. The molecule has 0 spiro atoms. The van der Waals surface area contributed by atoms with Crippen molar-refractivity contribution >= 4 is 29.3 Å². The molecule has 1 aliphatic heterocycles. The monoisotopic (exact) mass is 533 g/mol. The molecule has 1 aromatic heterocycles. The van der Waals surface area contributed by atoms with E-state index in [9.17, 15) is 9.59 Å². The van der Waals surface area contributed by atoms with Gasteiger partial charge in [-0.2, -0.15) is 0 Å². The lowest BCUT2D eigenvalue weighted by Crippen LogP contribution is -2.51. The number of primary amides is 1. The number of nitrogens with one attached hydrogen (secondary N) is 3. The van der Waals surface area contributed by atoms with Crippen molar-refractivity contribution in [2.24, 2.45) is 5.73 Å². The van der Waals surface area contributed by atoms with Crippen molar-refractivity contribution in [1.29, 1.82) is 0 Å². The highest BCUT2D eigenvalue weighted by Gasteiger charge is 2.24. The Labute approximate surface area is 228 Å². The first-order chi connectivity index (χ1) is 19.0. The van der Waals surface area contributed by atoms with E-state index in [1.165, 1.54) is 5.56 Å². The van der Waals surface area contributed by atoms with E-state index < -0.39 is 5.91 Å². The van der Waals surface area contributed by atoms with Crippen LogP contribution >= 0.6 is 0 Å². The average molecular weight is 534 g/mol. The van der Waals surface area contributed by atoms with Crippen LogP contribution in [-0.2, 0) is 11.2 Å². The Hall–Kier alpha value is -4.38. The molecule has 0 aliphatic carbocycles. The summed E-state index contributed by atoms with van der Waals surface area (Å²) < 4.78 is 10.6. The summed E-state index contributed by atoms with van der Waals surface area (Å²) in [4.78, 5) is 35.5. The molecule has 0 saturated carbocycles. The standard InChI is InChI=1S/C28H35N7O4/c1-38-16-17-39-23-11-9-21(10-12-23)32-27-25(26(29)36)31-18-24(34-27)35-15-5-8-22(19-35)33-28(37)30-14-13-20-6-3-2-4-7-20/h2-4,6-7,9-12,18,22H,5,8,13-17,19H2,1H3,(H2,29,36)(H,32,34)(H2,30,33,37)/t22-/m1/s1. The molecule has 0 unspecified atom stereocenters. The summed E-state index contributed by atoms with van der Waals surface area (Å²) in [7, 11) is 1.62. The summed E-state index contributed by atoms with van der Waals surface area (Å²) in [5.74, 6) is 0.879. The van der Waals surface area contributed by atoms with Crippen LogP contribution in [0.15, 0.2) is 60.8 Å². The maximum atomic E-state index is 12.5. The van der Waals surface area contributed by atoms with Gasteiger partial charge in [0.15, 0.2) is 11.5 Å². The summed E-state index contributed by atoms with van der Waals surface area (Å²) in [6, 6.07) is 17.1. The molecule has 1 fully saturated rings. The molecule has 4 rings (SSSR count). The van der Waals surface area contributed by atoms with Gasteiger partial charge < -0.3 is 36.1 Å². The number of nitrogens with zero attached hydrogens (tertiary/aromatic N) is 3. The number of piperidine rings is 1. The van der Waals surface area contributed by atoms with Gasteiger partial charge in [0.1, 0.15) is 18.2 Å². The highest BCUT2D eigenvalue weighted by molar-refractivity contribution is 5.96. The number of carbonyl (C=O) groups is 2.